The number of hydrogen-bond donors (Lipinski definition) is 1. The van der Waals surface area contributed by atoms with Crippen molar-refractivity contribution in [3.05, 3.63) is 106 Å². The van der Waals surface area contributed by atoms with Crippen LogP contribution in [-0.2, 0) is 27.3 Å². The van der Waals surface area contributed by atoms with Crippen LogP contribution < -0.4 is 0 Å². The highest BCUT2D eigenvalue weighted by atomic mass is 16.5. The number of nitrogens with one attached hydrogen (secondary N) is 1. The van der Waals surface area contributed by atoms with Crippen LogP contribution in [0.2, 0.25) is 0 Å². The van der Waals surface area contributed by atoms with Gasteiger partial charge in [-0.2, -0.15) is 0 Å². The van der Waals surface area contributed by atoms with Crippen molar-refractivity contribution in [1.29, 1.82) is 0 Å². The van der Waals surface area contributed by atoms with Crippen LogP contribution in [-0.4, -0.2) is 52.3 Å². The molecule has 6 rings (SSSR count). The molecule has 3 aromatic carbocycles. The zero-order valence-corrected chi connectivity index (χ0v) is 20.7. The normalized spacial score (nSPS) is 19.1. The number of para-hydroxylation sites is 1. The molecule has 4 aromatic rings. The van der Waals surface area contributed by atoms with Crippen molar-refractivity contribution in [3.8, 4) is 0 Å². The van der Waals surface area contributed by atoms with Gasteiger partial charge in [0.1, 0.15) is 12.6 Å². The molecular weight excluding hydrogens is 466 g/mol. The highest BCUT2D eigenvalue weighted by Crippen LogP contribution is 2.42. The Hall–Kier alpha value is -4.39. The number of rotatable bonds is 4. The first-order valence-electron chi connectivity index (χ1n) is 12.4. The monoisotopic (exact) mass is 493 g/mol. The zero-order valence-electron chi connectivity index (χ0n) is 20.7. The Kier molecular flexibility index (Phi) is 5.56. The van der Waals surface area contributed by atoms with E-state index in [-0.39, 0.29) is 18.4 Å². The molecule has 0 radical (unpaired) electrons. The second-order valence-corrected chi connectivity index (χ2v) is 9.78. The number of carbonyl (C=O) groups excluding carboxylic acids is 3. The van der Waals surface area contributed by atoms with Gasteiger partial charge in [-0.3, -0.25) is 9.59 Å². The summed E-state index contributed by atoms with van der Waals surface area (Å²) in [5.41, 5.74) is 6.35. The van der Waals surface area contributed by atoms with Crippen LogP contribution in [0.1, 0.15) is 44.3 Å². The summed E-state index contributed by atoms with van der Waals surface area (Å²) in [5, 5.41) is 1.06. The summed E-state index contributed by atoms with van der Waals surface area (Å²) in [6.45, 7) is 2.44. The van der Waals surface area contributed by atoms with Gasteiger partial charge in [0, 0.05) is 29.6 Å². The van der Waals surface area contributed by atoms with Crippen LogP contribution in [0, 0.1) is 6.92 Å². The Morgan fingerprint density at radius 2 is 1.73 bits per heavy atom. The summed E-state index contributed by atoms with van der Waals surface area (Å²) < 4.78 is 4.84. The molecule has 0 unspecified atom stereocenters. The van der Waals surface area contributed by atoms with E-state index in [1.807, 2.05) is 61.5 Å². The SMILES string of the molecule is COC(=O)c1ccc([C@@H]2c3[nH]c4ccccc4c3C[C@H]3C(=O)N(Cc4ccc(C)cc4)CC(=O)N23)cc1. The number of H-pyrrole nitrogens is 1. The van der Waals surface area contributed by atoms with Crippen LogP contribution in [0.4, 0.5) is 0 Å². The zero-order chi connectivity index (χ0) is 25.7. The molecule has 0 bridgehead atoms. The Balaban J connectivity index is 1.42. The fourth-order valence-electron chi connectivity index (χ4n) is 5.64. The lowest BCUT2D eigenvalue weighted by Gasteiger charge is -2.47. The van der Waals surface area contributed by atoms with Gasteiger partial charge in [0.2, 0.25) is 11.8 Å². The molecule has 0 aliphatic carbocycles. The van der Waals surface area contributed by atoms with Gasteiger partial charge < -0.3 is 19.5 Å². The first-order chi connectivity index (χ1) is 17.9. The molecular formula is C30H27N3O4. The molecule has 1 saturated heterocycles. The summed E-state index contributed by atoms with van der Waals surface area (Å²) >= 11 is 0. The Morgan fingerprint density at radius 1 is 1.00 bits per heavy atom. The van der Waals surface area contributed by atoms with Crippen LogP contribution in [0.25, 0.3) is 10.9 Å². The summed E-state index contributed by atoms with van der Waals surface area (Å²) in [6.07, 6.45) is 0.449. The number of fused-ring (bicyclic) bond motifs is 4. The first-order valence-corrected chi connectivity index (χ1v) is 12.4. The molecule has 3 heterocycles. The van der Waals surface area contributed by atoms with Gasteiger partial charge >= 0.3 is 5.97 Å². The van der Waals surface area contributed by atoms with Crippen molar-refractivity contribution in [3.63, 3.8) is 0 Å². The van der Waals surface area contributed by atoms with Gasteiger partial charge in [-0.1, -0.05) is 60.2 Å². The topological polar surface area (TPSA) is 82.7 Å². The summed E-state index contributed by atoms with van der Waals surface area (Å²) in [4.78, 5) is 46.5. The molecule has 0 spiro atoms. The third kappa shape index (κ3) is 3.87. The van der Waals surface area contributed by atoms with Gasteiger partial charge in [0.05, 0.1) is 18.7 Å². The van der Waals surface area contributed by atoms with E-state index >= 15 is 0 Å². The minimum absolute atomic E-state index is 0.0233. The van der Waals surface area contributed by atoms with Gasteiger partial charge in [0.15, 0.2) is 0 Å². The van der Waals surface area contributed by atoms with Crippen molar-refractivity contribution in [2.24, 2.45) is 0 Å². The maximum absolute atomic E-state index is 13.9. The average molecular weight is 494 g/mol. The predicted octanol–water partition coefficient (Wildman–Crippen LogP) is 4.15. The number of methoxy groups -OCH3 is 1. The van der Waals surface area contributed by atoms with E-state index in [1.165, 1.54) is 7.11 Å². The second kappa shape index (κ2) is 8.92. The maximum atomic E-state index is 13.9. The highest BCUT2D eigenvalue weighted by molar-refractivity contribution is 5.97. The quantitative estimate of drug-likeness (QED) is 0.433. The number of aromatic nitrogens is 1. The Labute approximate surface area is 214 Å². The Bertz CT molecular complexity index is 1520. The Morgan fingerprint density at radius 3 is 2.46 bits per heavy atom. The number of nitrogens with zero attached hydrogens (tertiary/aromatic N) is 2. The van der Waals surface area contributed by atoms with Crippen LogP contribution >= 0.6 is 0 Å². The predicted molar refractivity (Wildman–Crippen MR) is 139 cm³/mol. The van der Waals surface area contributed by atoms with E-state index in [0.717, 1.165) is 38.9 Å². The lowest BCUT2D eigenvalue weighted by Crippen LogP contribution is -2.62. The van der Waals surface area contributed by atoms with E-state index in [2.05, 4.69) is 11.1 Å². The van der Waals surface area contributed by atoms with Crippen LogP contribution in [0.15, 0.2) is 72.8 Å². The number of aromatic amines is 1. The summed E-state index contributed by atoms with van der Waals surface area (Å²) in [5.74, 6) is -0.564. The number of benzene rings is 3. The smallest absolute Gasteiger partial charge is 0.337 e. The second-order valence-electron chi connectivity index (χ2n) is 9.78. The lowest BCUT2D eigenvalue weighted by molar-refractivity contribution is -0.159. The van der Waals surface area contributed by atoms with Crippen LogP contribution in [0.3, 0.4) is 0 Å². The van der Waals surface area contributed by atoms with Gasteiger partial charge in [-0.15, -0.1) is 0 Å². The van der Waals surface area contributed by atoms with E-state index in [0.29, 0.717) is 18.5 Å². The number of piperazine rings is 1. The number of carbonyl (C=O) groups is 3. The van der Waals surface area contributed by atoms with Gasteiger partial charge in [-0.25, -0.2) is 4.79 Å². The third-order valence-electron chi connectivity index (χ3n) is 7.48. The van der Waals surface area contributed by atoms with Crippen molar-refractivity contribution in [1.82, 2.24) is 14.8 Å². The molecule has 1 aromatic heterocycles. The number of esters is 1. The molecule has 37 heavy (non-hydrogen) atoms. The van der Waals surface area contributed by atoms with Crippen molar-refractivity contribution < 1.29 is 19.1 Å². The fourth-order valence-corrected chi connectivity index (χ4v) is 5.64. The minimum atomic E-state index is -0.608. The standard InChI is InChI=1S/C30H27N3O4/c1-18-7-9-19(10-8-18)16-32-17-26(34)33-25(29(32)35)15-23-22-5-3-4-6-24(22)31-27(23)28(33)20-11-13-21(14-12-20)30(36)37-2/h3-14,25,28,31H,15-17H2,1-2H3/t25-,28+/m0/s1. The molecule has 0 saturated carbocycles. The van der Waals surface area contributed by atoms with Crippen LogP contribution in [0.5, 0.6) is 0 Å². The number of hydrogen-bond acceptors (Lipinski definition) is 4. The number of aryl methyl sites for hydroxylation is 1. The molecule has 186 valence electrons. The highest BCUT2D eigenvalue weighted by Gasteiger charge is 2.48. The maximum Gasteiger partial charge on any atom is 0.337 e. The summed E-state index contributed by atoms with van der Waals surface area (Å²) in [6, 6.07) is 22.1. The molecule has 1 fully saturated rings. The fraction of sp³-hybridized carbons (Fsp3) is 0.233. The molecule has 7 nitrogen and oxygen atoms in total. The molecule has 2 amide bonds. The van der Waals surface area contributed by atoms with Crippen molar-refractivity contribution >= 4 is 28.7 Å². The van der Waals surface area contributed by atoms with E-state index < -0.39 is 18.1 Å². The molecule has 1 N–H and O–H groups in total. The van der Waals surface area contributed by atoms with Gasteiger partial charge in [-0.05, 0) is 41.8 Å². The van der Waals surface area contributed by atoms with Gasteiger partial charge in [0.25, 0.3) is 0 Å². The minimum Gasteiger partial charge on any atom is -0.465 e. The summed E-state index contributed by atoms with van der Waals surface area (Å²) in [7, 11) is 1.35. The van der Waals surface area contributed by atoms with E-state index in [4.69, 9.17) is 4.74 Å². The molecule has 7 heteroatoms. The number of ether oxygens (including phenoxy) is 1. The average Bonchev–Trinajstić information content (AvgIpc) is 3.29. The molecule has 2 atom stereocenters. The lowest BCUT2D eigenvalue weighted by atomic mass is 9.86. The third-order valence-corrected chi connectivity index (χ3v) is 7.48. The first kappa shape index (κ1) is 23.0. The molecule has 2 aliphatic rings. The number of amides is 2. The van der Waals surface area contributed by atoms with E-state index in [9.17, 15) is 14.4 Å². The largest absolute Gasteiger partial charge is 0.465 e. The van der Waals surface area contributed by atoms with Crippen molar-refractivity contribution in [2.45, 2.75) is 32.0 Å². The molecule has 2 aliphatic heterocycles. The van der Waals surface area contributed by atoms with E-state index in [1.54, 1.807) is 21.9 Å². The van der Waals surface area contributed by atoms with Crippen molar-refractivity contribution in [2.75, 3.05) is 13.7 Å².